The lowest BCUT2D eigenvalue weighted by Gasteiger charge is -1.94. The summed E-state index contributed by atoms with van der Waals surface area (Å²) in [6, 6.07) is 6.37. The molecule has 3 rings (SSSR count). The Labute approximate surface area is 118 Å². The number of rotatable bonds is 1. The molecule has 0 aliphatic carbocycles. The first-order valence-corrected chi connectivity index (χ1v) is 7.39. The fourth-order valence-electron chi connectivity index (χ4n) is 2.05. The highest BCUT2D eigenvalue weighted by atomic mass is 79.9. The zero-order chi connectivity index (χ0) is 12.9. The first-order valence-electron chi connectivity index (χ1n) is 5.78. The SMILES string of the molecule is Cc1cc(-c2nc3c(C)cc(Br)cc3[nH]2)sc1C. The topological polar surface area (TPSA) is 28.7 Å². The van der Waals surface area contributed by atoms with E-state index < -0.39 is 0 Å². The van der Waals surface area contributed by atoms with Crippen LogP contribution in [0.4, 0.5) is 0 Å². The molecule has 0 spiro atoms. The van der Waals surface area contributed by atoms with Gasteiger partial charge in [-0.3, -0.25) is 0 Å². The average Bonchev–Trinajstić information content (AvgIpc) is 2.84. The van der Waals surface area contributed by atoms with Crippen molar-refractivity contribution >= 4 is 38.3 Å². The minimum Gasteiger partial charge on any atom is -0.337 e. The number of imidazole rings is 1. The number of thiophene rings is 1. The Balaban J connectivity index is 2.22. The summed E-state index contributed by atoms with van der Waals surface area (Å²) < 4.78 is 1.08. The summed E-state index contributed by atoms with van der Waals surface area (Å²) in [5.74, 6) is 0.965. The van der Waals surface area contributed by atoms with E-state index >= 15 is 0 Å². The molecule has 0 aliphatic rings. The number of hydrogen-bond acceptors (Lipinski definition) is 2. The van der Waals surface area contributed by atoms with E-state index in [1.165, 1.54) is 20.9 Å². The maximum atomic E-state index is 4.71. The normalized spacial score (nSPS) is 11.3. The molecule has 0 bridgehead atoms. The lowest BCUT2D eigenvalue weighted by molar-refractivity contribution is 1.34. The molecular weight excluding hydrogens is 308 g/mol. The molecule has 4 heteroatoms. The molecule has 0 radical (unpaired) electrons. The predicted molar refractivity (Wildman–Crippen MR) is 81.3 cm³/mol. The molecule has 2 aromatic heterocycles. The van der Waals surface area contributed by atoms with Gasteiger partial charge in [0.15, 0.2) is 0 Å². The minimum atomic E-state index is 0.965. The number of aromatic amines is 1. The van der Waals surface area contributed by atoms with Crippen molar-refractivity contribution in [2.45, 2.75) is 20.8 Å². The van der Waals surface area contributed by atoms with E-state index in [0.717, 1.165) is 21.3 Å². The Morgan fingerprint density at radius 1 is 1.11 bits per heavy atom. The van der Waals surface area contributed by atoms with Crippen LogP contribution in [0.3, 0.4) is 0 Å². The molecule has 0 fully saturated rings. The van der Waals surface area contributed by atoms with Crippen molar-refractivity contribution in [1.82, 2.24) is 9.97 Å². The molecule has 0 amide bonds. The van der Waals surface area contributed by atoms with Gasteiger partial charge < -0.3 is 4.98 Å². The zero-order valence-corrected chi connectivity index (χ0v) is 12.9. The maximum Gasteiger partial charge on any atom is 0.148 e. The third-order valence-corrected chi connectivity index (χ3v) is 4.76. The second kappa shape index (κ2) is 4.21. The van der Waals surface area contributed by atoms with Crippen molar-refractivity contribution < 1.29 is 0 Å². The highest BCUT2D eigenvalue weighted by molar-refractivity contribution is 9.10. The average molecular weight is 321 g/mol. The minimum absolute atomic E-state index is 0.965. The van der Waals surface area contributed by atoms with Crippen molar-refractivity contribution in [1.29, 1.82) is 0 Å². The molecule has 2 heterocycles. The van der Waals surface area contributed by atoms with Crippen molar-refractivity contribution in [3.63, 3.8) is 0 Å². The number of hydrogen-bond donors (Lipinski definition) is 1. The number of H-pyrrole nitrogens is 1. The molecule has 0 saturated heterocycles. The summed E-state index contributed by atoms with van der Waals surface area (Å²) in [5.41, 5.74) is 4.65. The Morgan fingerprint density at radius 3 is 2.56 bits per heavy atom. The lowest BCUT2D eigenvalue weighted by atomic mass is 10.2. The molecule has 3 aromatic rings. The maximum absolute atomic E-state index is 4.71. The van der Waals surface area contributed by atoms with Crippen molar-refractivity contribution in [2.24, 2.45) is 0 Å². The molecule has 0 unspecified atom stereocenters. The second-order valence-corrected chi connectivity index (χ2v) is 6.73. The summed E-state index contributed by atoms with van der Waals surface area (Å²) in [4.78, 5) is 10.7. The van der Waals surface area contributed by atoms with Crippen LogP contribution in [0.1, 0.15) is 16.0 Å². The number of aryl methyl sites for hydroxylation is 3. The molecule has 0 atom stereocenters. The predicted octanol–water partition coefficient (Wildman–Crippen LogP) is 4.98. The largest absolute Gasteiger partial charge is 0.337 e. The Morgan fingerprint density at radius 2 is 1.89 bits per heavy atom. The Kier molecular flexibility index (Phi) is 2.79. The molecule has 0 saturated carbocycles. The van der Waals surface area contributed by atoms with Crippen molar-refractivity contribution in [3.05, 3.63) is 38.7 Å². The first-order chi connectivity index (χ1) is 8.54. The summed E-state index contributed by atoms with van der Waals surface area (Å²) in [7, 11) is 0. The van der Waals surface area contributed by atoms with E-state index in [9.17, 15) is 0 Å². The Hall–Kier alpha value is -1.13. The number of fused-ring (bicyclic) bond motifs is 1. The standard InChI is InChI=1S/C14H13BrN2S/c1-7-5-12(18-9(7)3)14-16-11-6-10(15)4-8(2)13(11)17-14/h4-6H,1-3H3,(H,16,17). The lowest BCUT2D eigenvalue weighted by Crippen LogP contribution is -1.76. The monoisotopic (exact) mass is 320 g/mol. The van der Waals surface area contributed by atoms with E-state index in [1.807, 2.05) is 0 Å². The summed E-state index contributed by atoms with van der Waals surface area (Å²) in [6.07, 6.45) is 0. The fraction of sp³-hybridized carbons (Fsp3) is 0.214. The molecule has 1 N–H and O–H groups in total. The highest BCUT2D eigenvalue weighted by Gasteiger charge is 2.11. The van der Waals surface area contributed by atoms with Crippen LogP contribution in [-0.2, 0) is 0 Å². The summed E-state index contributed by atoms with van der Waals surface area (Å²) in [6.45, 7) is 6.37. The molecular formula is C14H13BrN2S. The summed E-state index contributed by atoms with van der Waals surface area (Å²) in [5, 5.41) is 0. The van der Waals surface area contributed by atoms with Gasteiger partial charge in [-0.05, 0) is 50.1 Å². The number of halogens is 1. The molecule has 18 heavy (non-hydrogen) atoms. The highest BCUT2D eigenvalue weighted by Crippen LogP contribution is 2.31. The van der Waals surface area contributed by atoms with Gasteiger partial charge in [0.05, 0.1) is 15.9 Å². The van der Waals surface area contributed by atoms with E-state index in [2.05, 4.69) is 59.9 Å². The number of benzene rings is 1. The van der Waals surface area contributed by atoms with Gasteiger partial charge >= 0.3 is 0 Å². The van der Waals surface area contributed by atoms with Crippen LogP contribution in [0.25, 0.3) is 21.7 Å². The third-order valence-electron chi connectivity index (χ3n) is 3.14. The molecule has 2 nitrogen and oxygen atoms in total. The quantitative estimate of drug-likeness (QED) is 0.673. The van der Waals surface area contributed by atoms with Crippen molar-refractivity contribution in [2.75, 3.05) is 0 Å². The zero-order valence-electron chi connectivity index (χ0n) is 10.5. The second-order valence-electron chi connectivity index (χ2n) is 4.55. The number of nitrogens with one attached hydrogen (secondary N) is 1. The van der Waals surface area contributed by atoms with Crippen LogP contribution >= 0.6 is 27.3 Å². The van der Waals surface area contributed by atoms with Gasteiger partial charge in [0.25, 0.3) is 0 Å². The first kappa shape index (κ1) is 11.9. The van der Waals surface area contributed by atoms with Gasteiger partial charge in [-0.15, -0.1) is 11.3 Å². The van der Waals surface area contributed by atoms with Gasteiger partial charge in [-0.2, -0.15) is 0 Å². The smallest absolute Gasteiger partial charge is 0.148 e. The fourth-order valence-corrected chi connectivity index (χ4v) is 3.60. The number of aromatic nitrogens is 2. The van der Waals surface area contributed by atoms with Gasteiger partial charge in [0.2, 0.25) is 0 Å². The van der Waals surface area contributed by atoms with E-state index in [-0.39, 0.29) is 0 Å². The van der Waals surface area contributed by atoms with Crippen LogP contribution in [-0.4, -0.2) is 9.97 Å². The van der Waals surface area contributed by atoms with Crippen molar-refractivity contribution in [3.8, 4) is 10.7 Å². The van der Waals surface area contributed by atoms with Crippen LogP contribution in [0.2, 0.25) is 0 Å². The Bertz CT molecular complexity index is 720. The number of nitrogens with zero attached hydrogens (tertiary/aromatic N) is 1. The molecule has 92 valence electrons. The van der Waals surface area contributed by atoms with E-state index in [0.29, 0.717) is 0 Å². The van der Waals surface area contributed by atoms with Gasteiger partial charge in [0.1, 0.15) is 5.82 Å². The summed E-state index contributed by atoms with van der Waals surface area (Å²) >= 11 is 5.31. The van der Waals surface area contributed by atoms with Crippen LogP contribution < -0.4 is 0 Å². The van der Waals surface area contributed by atoms with Gasteiger partial charge in [-0.25, -0.2) is 4.98 Å². The van der Waals surface area contributed by atoms with E-state index in [1.54, 1.807) is 11.3 Å². The van der Waals surface area contributed by atoms with Crippen LogP contribution in [0.15, 0.2) is 22.7 Å². The van der Waals surface area contributed by atoms with Crippen LogP contribution in [0.5, 0.6) is 0 Å². The van der Waals surface area contributed by atoms with Crippen LogP contribution in [0, 0.1) is 20.8 Å². The van der Waals surface area contributed by atoms with Gasteiger partial charge in [-0.1, -0.05) is 15.9 Å². The van der Waals surface area contributed by atoms with E-state index in [4.69, 9.17) is 4.98 Å². The molecule has 1 aromatic carbocycles. The molecule has 0 aliphatic heterocycles. The third kappa shape index (κ3) is 1.89. The van der Waals surface area contributed by atoms with Gasteiger partial charge in [0, 0.05) is 9.35 Å².